The molecule has 1 aliphatic carbocycles. The molecule has 4 N–H and O–H groups in total. The molecule has 5 heterocycles. The third kappa shape index (κ3) is 10.8. The minimum atomic E-state index is -1.01. The number of rotatable bonds is 21. The van der Waals surface area contributed by atoms with Crippen LogP contribution in [-0.4, -0.2) is 52.4 Å². The SMILES string of the molecule is C=Cc1c2[nH]c(c1C)/C=C1\NC([C@@H](CCC(=O)OCCC(C)CCC[C@H](C)CCC[C@H](C)CCCC(C)C)[C@@H]1C)[C@H]1c3[nH]c(c(C)c3C(=O)[C@@H]1C(=O)OC)/C=c1\[nH]/c(c(C)c1CC)=C\2. The maximum atomic E-state index is 14.4. The Kier molecular flexibility index (Phi) is 16.5. The number of esters is 2. The van der Waals surface area contributed by atoms with E-state index in [1.165, 1.54) is 69.6 Å². The van der Waals surface area contributed by atoms with Crippen LogP contribution in [0.2, 0.25) is 0 Å². The van der Waals surface area contributed by atoms with Gasteiger partial charge in [-0.1, -0.05) is 119 Å². The van der Waals surface area contributed by atoms with E-state index in [-0.39, 0.29) is 36.1 Å². The van der Waals surface area contributed by atoms with Crippen molar-refractivity contribution >= 4 is 42.0 Å². The first-order valence-electron chi connectivity index (χ1n) is 24.8. The maximum absolute atomic E-state index is 14.4. The quantitative estimate of drug-likeness (QED) is 0.0623. The van der Waals surface area contributed by atoms with E-state index in [0.717, 1.165) is 92.9 Å². The molecule has 0 saturated carbocycles. The van der Waals surface area contributed by atoms with E-state index in [2.05, 4.69) is 107 Å². The Hall–Kier alpha value is -4.53. The molecule has 64 heavy (non-hydrogen) atoms. The Morgan fingerprint density at radius 3 is 2.00 bits per heavy atom. The van der Waals surface area contributed by atoms with Crippen LogP contribution in [0.1, 0.15) is 192 Å². The lowest BCUT2D eigenvalue weighted by atomic mass is 9.76. The molecule has 1 fully saturated rings. The number of fused-ring (bicyclic) bond motifs is 8. The number of carbonyl (C=O) groups is 3. The lowest BCUT2D eigenvalue weighted by Crippen LogP contribution is -2.40. The molecular weight excluding hydrogens is 797 g/mol. The molecule has 0 radical (unpaired) electrons. The van der Waals surface area contributed by atoms with Gasteiger partial charge in [0.2, 0.25) is 0 Å². The molecule has 9 heteroatoms. The van der Waals surface area contributed by atoms with Crippen molar-refractivity contribution in [2.24, 2.45) is 41.4 Å². The van der Waals surface area contributed by atoms with Gasteiger partial charge in [-0.2, -0.15) is 0 Å². The van der Waals surface area contributed by atoms with Crippen molar-refractivity contribution in [1.29, 1.82) is 0 Å². The van der Waals surface area contributed by atoms with Gasteiger partial charge < -0.3 is 29.7 Å². The van der Waals surface area contributed by atoms with Gasteiger partial charge in [-0.15, -0.1) is 0 Å². The van der Waals surface area contributed by atoms with Crippen LogP contribution in [0.3, 0.4) is 0 Å². The number of aromatic amines is 3. The summed E-state index contributed by atoms with van der Waals surface area (Å²) in [4.78, 5) is 52.6. The Morgan fingerprint density at radius 2 is 1.39 bits per heavy atom. The molecular formula is C55H80N4O5. The molecule has 0 aromatic carbocycles. The van der Waals surface area contributed by atoms with E-state index in [1.807, 2.05) is 13.0 Å². The number of methoxy groups -OCH3 is 1. The molecule has 6 rings (SSSR count). The summed E-state index contributed by atoms with van der Waals surface area (Å²) in [5, 5.41) is 5.82. The number of nitrogens with one attached hydrogen (secondary N) is 4. The summed E-state index contributed by atoms with van der Waals surface area (Å²) in [5.74, 6) is 0.260. The van der Waals surface area contributed by atoms with Gasteiger partial charge in [-0.05, 0) is 110 Å². The van der Waals surface area contributed by atoms with E-state index in [1.54, 1.807) is 0 Å². The molecule has 8 bridgehead atoms. The van der Waals surface area contributed by atoms with Gasteiger partial charge in [-0.25, -0.2) is 0 Å². The van der Waals surface area contributed by atoms with Crippen molar-refractivity contribution in [2.75, 3.05) is 13.7 Å². The highest BCUT2D eigenvalue weighted by molar-refractivity contribution is 6.14. The van der Waals surface area contributed by atoms with Gasteiger partial charge in [0.15, 0.2) is 5.78 Å². The molecule has 0 spiro atoms. The van der Waals surface area contributed by atoms with Crippen molar-refractivity contribution in [3.8, 4) is 0 Å². The maximum Gasteiger partial charge on any atom is 0.317 e. The monoisotopic (exact) mass is 877 g/mol. The average Bonchev–Trinajstić information content (AvgIpc) is 3.99. The third-order valence-corrected chi connectivity index (χ3v) is 15.4. The van der Waals surface area contributed by atoms with Crippen LogP contribution >= 0.6 is 0 Å². The van der Waals surface area contributed by atoms with E-state index in [9.17, 15) is 14.4 Å². The topological polar surface area (TPSA) is 129 Å². The molecule has 8 atom stereocenters. The largest absolute Gasteiger partial charge is 0.468 e. The minimum absolute atomic E-state index is 0.0178. The van der Waals surface area contributed by atoms with Crippen molar-refractivity contribution in [2.45, 2.75) is 165 Å². The molecule has 2 unspecified atom stereocenters. The number of Topliss-reactive ketones (excluding diaryl/α,β-unsaturated/α-hetero) is 1. The Bertz CT molecular complexity index is 2300. The summed E-state index contributed by atoms with van der Waals surface area (Å²) in [7, 11) is 1.35. The molecule has 9 nitrogen and oxygen atoms in total. The van der Waals surface area contributed by atoms with Crippen molar-refractivity contribution in [1.82, 2.24) is 20.3 Å². The van der Waals surface area contributed by atoms with E-state index in [0.29, 0.717) is 24.5 Å². The van der Waals surface area contributed by atoms with Crippen LogP contribution in [-0.2, 0) is 25.5 Å². The second kappa shape index (κ2) is 21.6. The molecule has 2 aliphatic heterocycles. The minimum Gasteiger partial charge on any atom is -0.468 e. The van der Waals surface area contributed by atoms with Crippen LogP contribution in [0.15, 0.2) is 12.3 Å². The Labute approximate surface area is 383 Å². The standard InChI is InChI=1S/C55H80N4O5/c1-13-39-35(8)42-28-44-37(10)41(24-25-48(60)64-27-26-34(7)23-17-22-33(6)21-16-20-32(5)19-15-18-31(3)4)52(58-44)50-51(55(62)63-12)54(61)49-38(11)45(59-53(49)50)30-47-40(14-2)36(9)43(57-47)29-46(39)56-42/h13,28-34,37,41,50-52,56-59H,1,14-27H2,2-12H3/b43-29-,44-28-,47-30-/t32-,33-,34?,37+,41+,50+,51-,52?/m1/s1. The highest BCUT2D eigenvalue weighted by Crippen LogP contribution is 2.49. The van der Waals surface area contributed by atoms with Gasteiger partial charge in [0.05, 0.1) is 13.7 Å². The number of ether oxygens (including phenoxy) is 2. The zero-order valence-electron chi connectivity index (χ0n) is 41.2. The van der Waals surface area contributed by atoms with E-state index < -0.39 is 17.8 Å². The number of carbonyl (C=O) groups excluding carboxylic acids is 3. The first kappa shape index (κ1) is 48.9. The number of allylic oxidation sites excluding steroid dienone is 1. The van der Waals surface area contributed by atoms with Crippen molar-refractivity contribution in [3.05, 3.63) is 79.1 Å². The van der Waals surface area contributed by atoms with Gasteiger partial charge in [0, 0.05) is 74.6 Å². The van der Waals surface area contributed by atoms with Crippen LogP contribution < -0.4 is 16.0 Å². The Balaban J connectivity index is 1.17. The average molecular weight is 877 g/mol. The second-order valence-corrected chi connectivity index (χ2v) is 20.5. The predicted octanol–water partition coefficient (Wildman–Crippen LogP) is 10.9. The first-order valence-corrected chi connectivity index (χ1v) is 24.8. The Morgan fingerprint density at radius 1 is 0.781 bits per heavy atom. The fourth-order valence-corrected chi connectivity index (χ4v) is 11.2. The molecule has 350 valence electrons. The smallest absolute Gasteiger partial charge is 0.317 e. The zero-order chi connectivity index (χ0) is 46.4. The molecule has 1 saturated heterocycles. The summed E-state index contributed by atoms with van der Waals surface area (Å²) in [6.45, 7) is 26.9. The molecule has 3 aliphatic rings. The molecule has 3 aromatic heterocycles. The number of aromatic nitrogens is 3. The summed E-state index contributed by atoms with van der Waals surface area (Å²) in [6, 6.07) is -0.339. The zero-order valence-corrected chi connectivity index (χ0v) is 41.2. The number of hydrogen-bond donors (Lipinski definition) is 4. The fourth-order valence-electron chi connectivity index (χ4n) is 11.2. The van der Waals surface area contributed by atoms with E-state index in [4.69, 9.17) is 9.47 Å². The van der Waals surface area contributed by atoms with Crippen LogP contribution in [0.4, 0.5) is 0 Å². The molecule has 0 amide bonds. The fraction of sp³-hybridized carbons (Fsp3) is 0.618. The molecule has 3 aromatic rings. The van der Waals surface area contributed by atoms with Gasteiger partial charge >= 0.3 is 11.9 Å². The lowest BCUT2D eigenvalue weighted by molar-refractivity contribution is -0.146. The van der Waals surface area contributed by atoms with E-state index >= 15 is 0 Å². The normalized spacial score (nSPS) is 23.3. The van der Waals surface area contributed by atoms with Gasteiger partial charge in [0.25, 0.3) is 0 Å². The van der Waals surface area contributed by atoms with Crippen LogP contribution in [0, 0.1) is 62.2 Å². The second-order valence-electron chi connectivity index (χ2n) is 20.5. The predicted molar refractivity (Wildman–Crippen MR) is 261 cm³/mol. The number of hydrogen-bond acceptors (Lipinski definition) is 6. The third-order valence-electron chi connectivity index (χ3n) is 15.4. The summed E-state index contributed by atoms with van der Waals surface area (Å²) < 4.78 is 11.2. The van der Waals surface area contributed by atoms with Crippen LogP contribution in [0.5, 0.6) is 0 Å². The van der Waals surface area contributed by atoms with Gasteiger partial charge in [0.1, 0.15) is 5.92 Å². The highest BCUT2D eigenvalue weighted by Gasteiger charge is 2.55. The summed E-state index contributed by atoms with van der Waals surface area (Å²) >= 11 is 0. The number of ketones is 1. The summed E-state index contributed by atoms with van der Waals surface area (Å²) in [6.07, 6.45) is 22.5. The van der Waals surface area contributed by atoms with Crippen molar-refractivity contribution in [3.63, 3.8) is 0 Å². The van der Waals surface area contributed by atoms with Gasteiger partial charge in [-0.3, -0.25) is 14.4 Å². The van der Waals surface area contributed by atoms with Crippen molar-refractivity contribution < 1.29 is 23.9 Å². The first-order chi connectivity index (χ1) is 30.6. The number of H-pyrrole nitrogens is 3. The van der Waals surface area contributed by atoms with Crippen LogP contribution in [0.25, 0.3) is 24.3 Å². The lowest BCUT2D eigenvalue weighted by Gasteiger charge is -2.29. The summed E-state index contributed by atoms with van der Waals surface area (Å²) in [5.41, 5.74) is 10.4. The highest BCUT2D eigenvalue weighted by atomic mass is 16.5.